The number of nitrogens with one attached hydrogen (secondary N) is 1. The Morgan fingerprint density at radius 3 is 2.62 bits per heavy atom. The molecule has 3 rings (SSSR count). The first kappa shape index (κ1) is 16.0. The third-order valence-electron chi connectivity index (χ3n) is 4.36. The highest BCUT2D eigenvalue weighted by atomic mass is 16.4. The number of amides is 1. The SMILES string of the molecule is Cc1cc(C)c(C(=O)N2Cc3ccccc3C(C(=O)O)C2)c(=O)[nH]1. The lowest BCUT2D eigenvalue weighted by Crippen LogP contribution is -2.42. The minimum Gasteiger partial charge on any atom is -0.481 e. The maximum atomic E-state index is 12.8. The number of nitrogens with zero attached hydrogens (tertiary/aromatic N) is 1. The molecule has 1 aliphatic rings. The molecule has 1 aromatic carbocycles. The maximum Gasteiger partial charge on any atom is 0.312 e. The van der Waals surface area contributed by atoms with Gasteiger partial charge in [0, 0.05) is 18.8 Å². The van der Waals surface area contributed by atoms with Crippen molar-refractivity contribution in [3.05, 3.63) is 68.6 Å². The van der Waals surface area contributed by atoms with Gasteiger partial charge < -0.3 is 15.0 Å². The van der Waals surface area contributed by atoms with Crippen molar-refractivity contribution in [1.29, 1.82) is 0 Å². The van der Waals surface area contributed by atoms with Gasteiger partial charge >= 0.3 is 5.97 Å². The first-order chi connectivity index (χ1) is 11.4. The fourth-order valence-corrected chi connectivity index (χ4v) is 3.25. The monoisotopic (exact) mass is 326 g/mol. The summed E-state index contributed by atoms with van der Waals surface area (Å²) in [7, 11) is 0. The van der Waals surface area contributed by atoms with Crippen LogP contribution in [0.1, 0.15) is 38.7 Å². The molecule has 1 atom stereocenters. The average molecular weight is 326 g/mol. The Hall–Kier alpha value is -2.89. The summed E-state index contributed by atoms with van der Waals surface area (Å²) in [6.45, 7) is 3.81. The molecule has 1 unspecified atom stereocenters. The molecular formula is C18H18N2O4. The molecule has 0 radical (unpaired) electrons. The Labute approximate surface area is 138 Å². The number of aromatic amines is 1. The summed E-state index contributed by atoms with van der Waals surface area (Å²) in [5.41, 5.74) is 2.43. The predicted molar refractivity (Wildman–Crippen MR) is 88.1 cm³/mol. The van der Waals surface area contributed by atoms with Crippen molar-refractivity contribution in [2.24, 2.45) is 0 Å². The van der Waals surface area contributed by atoms with Crippen LogP contribution in [0.3, 0.4) is 0 Å². The molecule has 0 saturated heterocycles. The van der Waals surface area contributed by atoms with E-state index in [4.69, 9.17) is 0 Å². The molecule has 2 N–H and O–H groups in total. The van der Waals surface area contributed by atoms with E-state index in [1.165, 1.54) is 4.90 Å². The van der Waals surface area contributed by atoms with Gasteiger partial charge in [0.2, 0.25) is 0 Å². The molecule has 0 spiro atoms. The highest BCUT2D eigenvalue weighted by Gasteiger charge is 2.33. The third-order valence-corrected chi connectivity index (χ3v) is 4.36. The van der Waals surface area contributed by atoms with Gasteiger partial charge in [-0.05, 0) is 36.6 Å². The summed E-state index contributed by atoms with van der Waals surface area (Å²) in [5, 5.41) is 9.49. The molecule has 0 fully saturated rings. The number of fused-ring (bicyclic) bond motifs is 1. The number of carbonyl (C=O) groups excluding carboxylic acids is 1. The number of aromatic nitrogens is 1. The van der Waals surface area contributed by atoms with Crippen LogP contribution >= 0.6 is 0 Å². The lowest BCUT2D eigenvalue weighted by atomic mass is 9.89. The molecule has 0 aliphatic carbocycles. The highest BCUT2D eigenvalue weighted by Crippen LogP contribution is 2.29. The van der Waals surface area contributed by atoms with Gasteiger partial charge in [0.25, 0.3) is 11.5 Å². The van der Waals surface area contributed by atoms with Gasteiger partial charge in [-0.1, -0.05) is 24.3 Å². The van der Waals surface area contributed by atoms with Crippen LogP contribution in [0.5, 0.6) is 0 Å². The van der Waals surface area contributed by atoms with Crippen LogP contribution in [-0.4, -0.2) is 33.4 Å². The smallest absolute Gasteiger partial charge is 0.312 e. The number of rotatable bonds is 2. The second-order valence-corrected chi connectivity index (χ2v) is 6.11. The average Bonchev–Trinajstić information content (AvgIpc) is 2.52. The maximum absolute atomic E-state index is 12.8. The second-order valence-electron chi connectivity index (χ2n) is 6.11. The van der Waals surface area contributed by atoms with E-state index in [0.29, 0.717) is 17.8 Å². The molecule has 6 heteroatoms. The zero-order valence-electron chi connectivity index (χ0n) is 13.5. The van der Waals surface area contributed by atoms with Crippen molar-refractivity contribution in [3.8, 4) is 0 Å². The van der Waals surface area contributed by atoms with Crippen molar-refractivity contribution >= 4 is 11.9 Å². The molecule has 1 aliphatic heterocycles. The molecule has 1 aromatic heterocycles. The fourth-order valence-electron chi connectivity index (χ4n) is 3.25. The van der Waals surface area contributed by atoms with E-state index in [0.717, 1.165) is 11.1 Å². The van der Waals surface area contributed by atoms with Crippen LogP contribution in [0.15, 0.2) is 35.1 Å². The molecule has 6 nitrogen and oxygen atoms in total. The van der Waals surface area contributed by atoms with Crippen LogP contribution in [0.4, 0.5) is 0 Å². The molecule has 0 bridgehead atoms. The van der Waals surface area contributed by atoms with Crippen LogP contribution in [-0.2, 0) is 11.3 Å². The summed E-state index contributed by atoms with van der Waals surface area (Å²) < 4.78 is 0. The summed E-state index contributed by atoms with van der Waals surface area (Å²) in [6.07, 6.45) is 0. The number of pyridine rings is 1. The summed E-state index contributed by atoms with van der Waals surface area (Å²) in [5.74, 6) is -2.20. The molecule has 24 heavy (non-hydrogen) atoms. The molecule has 1 amide bonds. The quantitative estimate of drug-likeness (QED) is 0.881. The Kier molecular flexibility index (Phi) is 3.97. The minimum absolute atomic E-state index is 0.0535. The largest absolute Gasteiger partial charge is 0.481 e. The van der Waals surface area contributed by atoms with Crippen molar-refractivity contribution in [3.63, 3.8) is 0 Å². The Morgan fingerprint density at radius 1 is 1.25 bits per heavy atom. The van der Waals surface area contributed by atoms with E-state index in [2.05, 4.69) is 4.98 Å². The van der Waals surface area contributed by atoms with Gasteiger partial charge in [-0.2, -0.15) is 0 Å². The highest BCUT2D eigenvalue weighted by molar-refractivity contribution is 5.96. The number of carboxylic acid groups (broad SMARTS) is 1. The van der Waals surface area contributed by atoms with E-state index in [1.807, 2.05) is 12.1 Å². The van der Waals surface area contributed by atoms with Gasteiger partial charge in [-0.15, -0.1) is 0 Å². The number of hydrogen-bond donors (Lipinski definition) is 2. The lowest BCUT2D eigenvalue weighted by Gasteiger charge is -2.33. The number of aliphatic carboxylic acids is 1. The van der Waals surface area contributed by atoms with Crippen molar-refractivity contribution in [1.82, 2.24) is 9.88 Å². The van der Waals surface area contributed by atoms with Crippen LogP contribution in [0.2, 0.25) is 0 Å². The topological polar surface area (TPSA) is 90.5 Å². The number of H-pyrrole nitrogens is 1. The summed E-state index contributed by atoms with van der Waals surface area (Å²) in [6, 6.07) is 8.94. The van der Waals surface area contributed by atoms with Crippen LogP contribution < -0.4 is 5.56 Å². The van der Waals surface area contributed by atoms with Crippen molar-refractivity contribution < 1.29 is 14.7 Å². The number of carboxylic acids is 1. The normalized spacial score (nSPS) is 16.6. The van der Waals surface area contributed by atoms with E-state index in [9.17, 15) is 19.5 Å². The zero-order valence-corrected chi connectivity index (χ0v) is 13.5. The lowest BCUT2D eigenvalue weighted by molar-refractivity contribution is -0.139. The third kappa shape index (κ3) is 2.71. The van der Waals surface area contributed by atoms with E-state index in [-0.39, 0.29) is 12.1 Å². The first-order valence-corrected chi connectivity index (χ1v) is 7.69. The molecule has 2 heterocycles. The Morgan fingerprint density at radius 2 is 1.96 bits per heavy atom. The fraction of sp³-hybridized carbons (Fsp3) is 0.278. The van der Waals surface area contributed by atoms with E-state index >= 15 is 0 Å². The van der Waals surface area contributed by atoms with Gasteiger partial charge in [0.05, 0.1) is 5.92 Å². The first-order valence-electron chi connectivity index (χ1n) is 7.69. The van der Waals surface area contributed by atoms with Gasteiger partial charge in [-0.25, -0.2) is 0 Å². The van der Waals surface area contributed by atoms with Gasteiger partial charge in [0.15, 0.2) is 0 Å². The van der Waals surface area contributed by atoms with Crippen molar-refractivity contribution in [2.45, 2.75) is 26.3 Å². The molecule has 2 aromatic rings. The molecular weight excluding hydrogens is 308 g/mol. The summed E-state index contributed by atoms with van der Waals surface area (Å²) >= 11 is 0. The number of carbonyl (C=O) groups is 2. The van der Waals surface area contributed by atoms with Gasteiger partial charge in [0.1, 0.15) is 5.56 Å². The van der Waals surface area contributed by atoms with E-state index < -0.39 is 23.4 Å². The van der Waals surface area contributed by atoms with E-state index in [1.54, 1.807) is 32.0 Å². The Bertz CT molecular complexity index is 885. The standard InChI is InChI=1S/C18H18N2O4/c1-10-7-11(2)19-16(21)15(10)17(22)20-8-12-5-3-4-6-13(12)14(9-20)18(23)24/h3-7,14H,8-9H2,1-2H3,(H,19,21)(H,23,24). The molecule has 124 valence electrons. The zero-order chi connectivity index (χ0) is 17.4. The van der Waals surface area contributed by atoms with Gasteiger partial charge in [-0.3, -0.25) is 14.4 Å². The van der Waals surface area contributed by atoms with Crippen LogP contribution in [0.25, 0.3) is 0 Å². The number of aryl methyl sites for hydroxylation is 2. The van der Waals surface area contributed by atoms with Crippen LogP contribution in [0, 0.1) is 13.8 Å². The van der Waals surface area contributed by atoms with Crippen molar-refractivity contribution in [2.75, 3.05) is 6.54 Å². The number of benzene rings is 1. The molecule has 0 saturated carbocycles. The predicted octanol–water partition coefficient (Wildman–Crippen LogP) is 1.82. The number of hydrogen-bond acceptors (Lipinski definition) is 3. The summed E-state index contributed by atoms with van der Waals surface area (Å²) in [4.78, 5) is 40.7. The minimum atomic E-state index is -0.977. The second kappa shape index (κ2) is 5.96. The Balaban J connectivity index is 2.01.